The third-order valence-electron chi connectivity index (χ3n) is 5.03. The summed E-state index contributed by atoms with van der Waals surface area (Å²) in [5, 5.41) is 2.91. The number of sulfone groups is 1. The molecule has 136 valence electrons. The van der Waals surface area contributed by atoms with Gasteiger partial charge in [-0.3, -0.25) is 9.59 Å². The van der Waals surface area contributed by atoms with Crippen LogP contribution in [0.25, 0.3) is 0 Å². The molecule has 0 unspecified atom stereocenters. The smallest absolute Gasteiger partial charge is 0.251 e. The number of carbonyl (C=O) groups is 2. The van der Waals surface area contributed by atoms with E-state index in [-0.39, 0.29) is 29.4 Å². The fraction of sp³-hybridized carbons (Fsp3) is 0.556. The van der Waals surface area contributed by atoms with Crippen LogP contribution in [-0.2, 0) is 14.6 Å². The predicted molar refractivity (Wildman–Crippen MR) is 94.9 cm³/mol. The van der Waals surface area contributed by atoms with Crippen LogP contribution in [0.4, 0.5) is 0 Å². The molecule has 0 saturated carbocycles. The third kappa shape index (κ3) is 4.39. The first-order valence-corrected chi connectivity index (χ1v) is 10.6. The van der Waals surface area contributed by atoms with Crippen LogP contribution in [0.5, 0.6) is 0 Å². The molecule has 2 amide bonds. The lowest BCUT2D eigenvalue weighted by Crippen LogP contribution is -2.51. The van der Waals surface area contributed by atoms with Gasteiger partial charge in [0.1, 0.15) is 0 Å². The lowest BCUT2D eigenvalue weighted by atomic mass is 9.98. The van der Waals surface area contributed by atoms with Gasteiger partial charge < -0.3 is 10.2 Å². The molecule has 0 bridgehead atoms. The van der Waals surface area contributed by atoms with E-state index in [2.05, 4.69) is 5.32 Å². The second-order valence-electron chi connectivity index (χ2n) is 6.86. The van der Waals surface area contributed by atoms with Gasteiger partial charge in [-0.25, -0.2) is 8.42 Å². The van der Waals surface area contributed by atoms with Crippen LogP contribution in [0.2, 0.25) is 0 Å². The minimum Gasteiger partial charge on any atom is -0.350 e. The largest absolute Gasteiger partial charge is 0.350 e. The Hall–Kier alpha value is -1.89. The topological polar surface area (TPSA) is 83.6 Å². The number of rotatable bonds is 4. The molecule has 1 aromatic rings. The first kappa shape index (κ1) is 17.9. The van der Waals surface area contributed by atoms with Crippen molar-refractivity contribution in [3.63, 3.8) is 0 Å². The molecule has 2 saturated heterocycles. The summed E-state index contributed by atoms with van der Waals surface area (Å²) in [6, 6.07) is 8.92. The van der Waals surface area contributed by atoms with Crippen molar-refractivity contribution in [1.29, 1.82) is 0 Å². The van der Waals surface area contributed by atoms with E-state index >= 15 is 0 Å². The zero-order valence-corrected chi connectivity index (χ0v) is 15.0. The fourth-order valence-electron chi connectivity index (χ4n) is 3.63. The molecule has 2 aliphatic rings. The lowest BCUT2D eigenvalue weighted by Gasteiger charge is -2.37. The van der Waals surface area contributed by atoms with Crippen molar-refractivity contribution >= 4 is 21.7 Å². The average molecular weight is 364 g/mol. The van der Waals surface area contributed by atoms with E-state index in [1.54, 1.807) is 17.0 Å². The van der Waals surface area contributed by atoms with Gasteiger partial charge in [0, 0.05) is 24.7 Å². The van der Waals surface area contributed by atoms with Gasteiger partial charge in [0.15, 0.2) is 9.84 Å². The van der Waals surface area contributed by atoms with Crippen LogP contribution in [0.3, 0.4) is 0 Å². The SMILES string of the molecule is O=C(NC[C@H]1CCCCN1C(=O)[C@@H]1CCS(=O)(=O)C1)c1ccccc1. The predicted octanol–water partition coefficient (Wildman–Crippen LogP) is 1.23. The maximum atomic E-state index is 12.8. The Kier molecular flexibility index (Phi) is 5.42. The molecule has 3 rings (SSSR count). The third-order valence-corrected chi connectivity index (χ3v) is 6.79. The summed E-state index contributed by atoms with van der Waals surface area (Å²) in [5.41, 5.74) is 0.595. The highest BCUT2D eigenvalue weighted by molar-refractivity contribution is 7.91. The van der Waals surface area contributed by atoms with Crippen molar-refractivity contribution < 1.29 is 18.0 Å². The maximum Gasteiger partial charge on any atom is 0.251 e. The number of carbonyl (C=O) groups excluding carboxylic acids is 2. The highest BCUT2D eigenvalue weighted by atomic mass is 32.2. The number of likely N-dealkylation sites (tertiary alicyclic amines) is 1. The molecular weight excluding hydrogens is 340 g/mol. The van der Waals surface area contributed by atoms with Gasteiger partial charge in [-0.05, 0) is 37.8 Å². The van der Waals surface area contributed by atoms with Crippen LogP contribution >= 0.6 is 0 Å². The number of hydrogen-bond acceptors (Lipinski definition) is 4. The van der Waals surface area contributed by atoms with E-state index < -0.39 is 15.8 Å². The van der Waals surface area contributed by atoms with Gasteiger partial charge in [0.05, 0.1) is 17.4 Å². The maximum absolute atomic E-state index is 12.8. The highest BCUT2D eigenvalue weighted by Gasteiger charge is 2.38. The van der Waals surface area contributed by atoms with Crippen LogP contribution < -0.4 is 5.32 Å². The molecule has 0 aliphatic carbocycles. The lowest BCUT2D eigenvalue weighted by molar-refractivity contribution is -0.138. The van der Waals surface area contributed by atoms with Crippen molar-refractivity contribution in [3.8, 4) is 0 Å². The average Bonchev–Trinajstić information content (AvgIpc) is 3.00. The summed E-state index contributed by atoms with van der Waals surface area (Å²) in [6.07, 6.45) is 3.19. The molecule has 6 nitrogen and oxygen atoms in total. The van der Waals surface area contributed by atoms with Crippen molar-refractivity contribution in [1.82, 2.24) is 10.2 Å². The summed E-state index contributed by atoms with van der Waals surface area (Å²) in [4.78, 5) is 26.8. The Balaban J connectivity index is 1.61. The highest BCUT2D eigenvalue weighted by Crippen LogP contribution is 2.25. The Labute approximate surface area is 148 Å². The summed E-state index contributed by atoms with van der Waals surface area (Å²) in [6.45, 7) is 1.04. The summed E-state index contributed by atoms with van der Waals surface area (Å²) in [7, 11) is -3.08. The van der Waals surface area contributed by atoms with Crippen LogP contribution in [0, 0.1) is 5.92 Å². The zero-order valence-electron chi connectivity index (χ0n) is 14.2. The standard InChI is InChI=1S/C18H24N2O4S/c21-17(14-6-2-1-3-7-14)19-12-16-8-4-5-10-20(16)18(22)15-9-11-25(23,24)13-15/h1-3,6-7,15-16H,4-5,8-13H2,(H,19,21)/t15-,16-/m1/s1. The van der Waals surface area contributed by atoms with Gasteiger partial charge in [0.25, 0.3) is 5.91 Å². The van der Waals surface area contributed by atoms with E-state index in [0.717, 1.165) is 19.3 Å². The van der Waals surface area contributed by atoms with Crippen LogP contribution in [-0.4, -0.2) is 55.8 Å². The van der Waals surface area contributed by atoms with Gasteiger partial charge in [-0.2, -0.15) is 0 Å². The summed E-state index contributed by atoms with van der Waals surface area (Å²) in [5.74, 6) is -0.574. The molecule has 0 aromatic heterocycles. The Morgan fingerprint density at radius 1 is 1.12 bits per heavy atom. The van der Waals surface area contributed by atoms with Crippen molar-refractivity contribution in [2.45, 2.75) is 31.7 Å². The number of nitrogens with zero attached hydrogens (tertiary/aromatic N) is 1. The number of piperidine rings is 1. The quantitative estimate of drug-likeness (QED) is 0.871. The minimum atomic E-state index is -3.08. The zero-order chi connectivity index (χ0) is 17.9. The number of benzene rings is 1. The van der Waals surface area contributed by atoms with Gasteiger partial charge >= 0.3 is 0 Å². The molecule has 2 heterocycles. The van der Waals surface area contributed by atoms with Crippen LogP contribution in [0.1, 0.15) is 36.0 Å². The summed E-state index contributed by atoms with van der Waals surface area (Å²) >= 11 is 0. The number of amides is 2. The van der Waals surface area contributed by atoms with Crippen molar-refractivity contribution in [3.05, 3.63) is 35.9 Å². The van der Waals surface area contributed by atoms with E-state index in [9.17, 15) is 18.0 Å². The van der Waals surface area contributed by atoms with Crippen molar-refractivity contribution in [2.75, 3.05) is 24.6 Å². The fourth-order valence-corrected chi connectivity index (χ4v) is 5.36. The molecule has 2 aliphatic heterocycles. The molecule has 0 spiro atoms. The Morgan fingerprint density at radius 3 is 2.56 bits per heavy atom. The van der Waals surface area contributed by atoms with E-state index in [0.29, 0.717) is 25.1 Å². The Bertz CT molecular complexity index is 733. The van der Waals surface area contributed by atoms with Gasteiger partial charge in [0.2, 0.25) is 5.91 Å². The van der Waals surface area contributed by atoms with E-state index in [1.165, 1.54) is 0 Å². The number of hydrogen-bond donors (Lipinski definition) is 1. The number of nitrogens with one attached hydrogen (secondary N) is 1. The second kappa shape index (κ2) is 7.56. The molecule has 1 N–H and O–H groups in total. The first-order chi connectivity index (χ1) is 12.0. The second-order valence-corrected chi connectivity index (χ2v) is 9.09. The molecule has 1 aromatic carbocycles. The van der Waals surface area contributed by atoms with Crippen LogP contribution in [0.15, 0.2) is 30.3 Å². The van der Waals surface area contributed by atoms with Crippen molar-refractivity contribution in [2.24, 2.45) is 5.92 Å². The molecule has 2 atom stereocenters. The molecule has 0 radical (unpaired) electrons. The van der Waals surface area contributed by atoms with Gasteiger partial charge in [-0.1, -0.05) is 18.2 Å². The monoisotopic (exact) mass is 364 g/mol. The van der Waals surface area contributed by atoms with E-state index in [4.69, 9.17) is 0 Å². The van der Waals surface area contributed by atoms with E-state index in [1.807, 2.05) is 18.2 Å². The molecule has 25 heavy (non-hydrogen) atoms. The minimum absolute atomic E-state index is 0.0363. The first-order valence-electron chi connectivity index (χ1n) is 8.80. The Morgan fingerprint density at radius 2 is 1.88 bits per heavy atom. The molecule has 2 fully saturated rings. The van der Waals surface area contributed by atoms with Gasteiger partial charge in [-0.15, -0.1) is 0 Å². The molecule has 7 heteroatoms. The molecular formula is C18H24N2O4S. The normalized spacial score (nSPS) is 25.5. The summed E-state index contributed by atoms with van der Waals surface area (Å²) < 4.78 is 23.3.